The third-order valence-electron chi connectivity index (χ3n) is 4.07. The zero-order valence-electron chi connectivity index (χ0n) is 13.4. The molecule has 1 atom stereocenters. The van der Waals surface area contributed by atoms with Crippen molar-refractivity contribution in [2.24, 2.45) is 0 Å². The van der Waals surface area contributed by atoms with Gasteiger partial charge in [0.2, 0.25) is 0 Å². The van der Waals surface area contributed by atoms with E-state index in [9.17, 15) is 14.0 Å². The van der Waals surface area contributed by atoms with E-state index in [1.165, 1.54) is 18.2 Å². The molecule has 5 nitrogen and oxygen atoms in total. The lowest BCUT2D eigenvalue weighted by atomic mass is 10.0. The van der Waals surface area contributed by atoms with Gasteiger partial charge >= 0.3 is 11.8 Å². The second kappa shape index (κ2) is 6.31. The van der Waals surface area contributed by atoms with E-state index in [1.807, 2.05) is 26.0 Å². The molecule has 0 aliphatic carbocycles. The Morgan fingerprint density at radius 2 is 1.96 bits per heavy atom. The van der Waals surface area contributed by atoms with E-state index in [0.717, 1.165) is 28.5 Å². The highest BCUT2D eigenvalue weighted by Gasteiger charge is 2.29. The number of nitrogens with one attached hydrogen (secondary N) is 2. The fraction of sp³-hybridized carbons (Fsp3) is 0.222. The third-order valence-corrected chi connectivity index (χ3v) is 4.07. The van der Waals surface area contributed by atoms with Crippen LogP contribution in [0.5, 0.6) is 5.75 Å². The molecule has 124 valence electrons. The van der Waals surface area contributed by atoms with Gasteiger partial charge in [-0.15, -0.1) is 0 Å². The van der Waals surface area contributed by atoms with Gasteiger partial charge in [-0.2, -0.15) is 0 Å². The zero-order chi connectivity index (χ0) is 17.3. The van der Waals surface area contributed by atoms with Crippen LogP contribution in [0.2, 0.25) is 0 Å². The van der Waals surface area contributed by atoms with E-state index in [0.29, 0.717) is 0 Å². The van der Waals surface area contributed by atoms with Crippen LogP contribution < -0.4 is 15.4 Å². The fourth-order valence-corrected chi connectivity index (χ4v) is 2.63. The lowest BCUT2D eigenvalue weighted by molar-refractivity contribution is -0.136. The Bertz CT molecular complexity index is 820. The maximum Gasteiger partial charge on any atom is 0.313 e. The van der Waals surface area contributed by atoms with Crippen molar-refractivity contribution in [2.75, 3.05) is 11.9 Å². The van der Waals surface area contributed by atoms with Crippen LogP contribution in [0, 0.1) is 19.7 Å². The first-order chi connectivity index (χ1) is 11.5. The van der Waals surface area contributed by atoms with Crippen molar-refractivity contribution in [2.45, 2.75) is 19.9 Å². The van der Waals surface area contributed by atoms with Crippen LogP contribution in [-0.2, 0) is 9.59 Å². The molecule has 1 aliphatic rings. The Hall–Kier alpha value is -2.89. The number of anilines is 1. The van der Waals surface area contributed by atoms with E-state index >= 15 is 0 Å². The molecule has 2 aromatic carbocycles. The summed E-state index contributed by atoms with van der Waals surface area (Å²) in [7, 11) is 0. The molecule has 0 bridgehead atoms. The highest BCUT2D eigenvalue weighted by Crippen LogP contribution is 2.36. The molecule has 0 saturated carbocycles. The molecule has 6 heteroatoms. The maximum absolute atomic E-state index is 13.1. The van der Waals surface area contributed by atoms with Crippen LogP contribution in [0.4, 0.5) is 10.1 Å². The first kappa shape index (κ1) is 16.0. The summed E-state index contributed by atoms with van der Waals surface area (Å²) in [6, 6.07) is 8.82. The van der Waals surface area contributed by atoms with Crippen molar-refractivity contribution in [3.05, 3.63) is 58.9 Å². The maximum atomic E-state index is 13.1. The molecule has 24 heavy (non-hydrogen) atoms. The second-order valence-electron chi connectivity index (χ2n) is 5.73. The molecule has 2 N–H and O–H groups in total. The minimum Gasteiger partial charge on any atom is -0.490 e. The summed E-state index contributed by atoms with van der Waals surface area (Å²) in [5, 5.41) is 5.02. The van der Waals surface area contributed by atoms with Gasteiger partial charge in [-0.25, -0.2) is 4.39 Å². The molecule has 2 aromatic rings. The number of hydrogen-bond donors (Lipinski definition) is 2. The molecule has 3 rings (SSSR count). The van der Waals surface area contributed by atoms with Crippen LogP contribution >= 0.6 is 0 Å². The van der Waals surface area contributed by atoms with Gasteiger partial charge in [-0.05, 0) is 43.2 Å². The molecule has 0 saturated heterocycles. The highest BCUT2D eigenvalue weighted by atomic mass is 19.1. The average molecular weight is 328 g/mol. The topological polar surface area (TPSA) is 67.4 Å². The Morgan fingerprint density at radius 1 is 1.17 bits per heavy atom. The van der Waals surface area contributed by atoms with E-state index in [-0.39, 0.29) is 18.3 Å². The SMILES string of the molecule is Cc1ccc2c(c1C)OC[C@H]2NC(=O)C(=O)Nc1cccc(F)c1. The monoisotopic (exact) mass is 328 g/mol. The van der Waals surface area contributed by atoms with Gasteiger partial charge in [-0.1, -0.05) is 18.2 Å². The number of halogens is 1. The molecule has 2 amide bonds. The molecule has 1 heterocycles. The number of fused-ring (bicyclic) bond motifs is 1. The van der Waals surface area contributed by atoms with Crippen molar-refractivity contribution < 1.29 is 18.7 Å². The number of benzene rings is 2. The lowest BCUT2D eigenvalue weighted by Crippen LogP contribution is -2.38. The van der Waals surface area contributed by atoms with E-state index in [2.05, 4.69) is 10.6 Å². The summed E-state index contributed by atoms with van der Waals surface area (Å²) in [5.74, 6) is -1.38. The lowest BCUT2D eigenvalue weighted by Gasteiger charge is -2.12. The van der Waals surface area contributed by atoms with E-state index < -0.39 is 17.6 Å². The van der Waals surface area contributed by atoms with E-state index in [1.54, 1.807) is 0 Å². The van der Waals surface area contributed by atoms with Gasteiger partial charge in [0.15, 0.2) is 0 Å². The number of carbonyl (C=O) groups is 2. The number of carbonyl (C=O) groups excluding carboxylic acids is 2. The number of hydrogen-bond acceptors (Lipinski definition) is 3. The quantitative estimate of drug-likeness (QED) is 0.833. The summed E-state index contributed by atoms with van der Waals surface area (Å²) in [4.78, 5) is 24.0. The van der Waals surface area contributed by atoms with Crippen LogP contribution in [0.25, 0.3) is 0 Å². The van der Waals surface area contributed by atoms with Crippen LogP contribution in [-0.4, -0.2) is 18.4 Å². The molecule has 0 radical (unpaired) electrons. The largest absolute Gasteiger partial charge is 0.490 e. The summed E-state index contributed by atoms with van der Waals surface area (Å²) in [5.41, 5.74) is 3.20. The van der Waals surface area contributed by atoms with Crippen LogP contribution in [0.3, 0.4) is 0 Å². The zero-order valence-corrected chi connectivity index (χ0v) is 13.4. The summed E-state index contributed by atoms with van der Waals surface area (Å²) < 4.78 is 18.8. The first-order valence-electron chi connectivity index (χ1n) is 7.56. The third kappa shape index (κ3) is 3.08. The van der Waals surface area contributed by atoms with Gasteiger partial charge in [-0.3, -0.25) is 9.59 Å². The molecular weight excluding hydrogens is 311 g/mol. The number of aryl methyl sites for hydroxylation is 1. The first-order valence-corrected chi connectivity index (χ1v) is 7.56. The number of rotatable bonds is 2. The summed E-state index contributed by atoms with van der Waals surface area (Å²) in [6.07, 6.45) is 0. The molecule has 0 unspecified atom stereocenters. The smallest absolute Gasteiger partial charge is 0.313 e. The van der Waals surface area contributed by atoms with Gasteiger partial charge in [0.05, 0.1) is 6.04 Å². The normalized spacial score (nSPS) is 15.4. The Kier molecular flexibility index (Phi) is 4.20. The van der Waals surface area contributed by atoms with E-state index in [4.69, 9.17) is 4.74 Å². The van der Waals surface area contributed by atoms with Gasteiger partial charge in [0, 0.05) is 11.3 Å². The van der Waals surface area contributed by atoms with Crippen molar-refractivity contribution in [1.82, 2.24) is 5.32 Å². The van der Waals surface area contributed by atoms with Crippen molar-refractivity contribution in [3.8, 4) is 5.75 Å². The predicted octanol–water partition coefficient (Wildman–Crippen LogP) is 2.63. The Morgan fingerprint density at radius 3 is 2.71 bits per heavy atom. The van der Waals surface area contributed by atoms with Gasteiger partial charge in [0.25, 0.3) is 0 Å². The minimum atomic E-state index is -0.849. The number of ether oxygens (including phenoxy) is 1. The second-order valence-corrected chi connectivity index (χ2v) is 5.73. The van der Waals surface area contributed by atoms with Crippen LogP contribution in [0.1, 0.15) is 22.7 Å². The predicted molar refractivity (Wildman–Crippen MR) is 87.3 cm³/mol. The molecule has 0 spiro atoms. The Balaban J connectivity index is 1.68. The molecule has 0 aromatic heterocycles. The standard InChI is InChI=1S/C18H17FN2O3/c1-10-6-7-14-15(9-24-16(14)11(10)2)21-18(23)17(22)20-13-5-3-4-12(19)8-13/h3-8,15H,9H2,1-2H3,(H,20,22)(H,21,23)/t15-/m1/s1. The fourth-order valence-electron chi connectivity index (χ4n) is 2.63. The van der Waals surface area contributed by atoms with Gasteiger partial charge < -0.3 is 15.4 Å². The number of amides is 2. The minimum absolute atomic E-state index is 0.227. The average Bonchev–Trinajstić information content (AvgIpc) is 2.94. The molecule has 0 fully saturated rings. The molecule has 1 aliphatic heterocycles. The van der Waals surface area contributed by atoms with Crippen molar-refractivity contribution in [3.63, 3.8) is 0 Å². The van der Waals surface area contributed by atoms with Crippen LogP contribution in [0.15, 0.2) is 36.4 Å². The molecular formula is C18H17FN2O3. The highest BCUT2D eigenvalue weighted by molar-refractivity contribution is 6.39. The summed E-state index contributed by atoms with van der Waals surface area (Å²) in [6.45, 7) is 4.21. The summed E-state index contributed by atoms with van der Waals surface area (Å²) >= 11 is 0. The van der Waals surface area contributed by atoms with Gasteiger partial charge in [0.1, 0.15) is 18.2 Å². The van der Waals surface area contributed by atoms with Crippen molar-refractivity contribution >= 4 is 17.5 Å². The van der Waals surface area contributed by atoms with Crippen molar-refractivity contribution in [1.29, 1.82) is 0 Å². The Labute approximate surface area is 138 Å².